The second-order valence-electron chi connectivity index (χ2n) is 15.5. The highest BCUT2D eigenvalue weighted by Gasteiger charge is 2.52. The number of nitrogens with zero attached hydrogens (tertiary/aromatic N) is 6. The molecule has 1 aliphatic heterocycles. The van der Waals surface area contributed by atoms with Gasteiger partial charge in [0.1, 0.15) is 42.2 Å². The molecule has 3 aromatic carbocycles. The number of amides is 1. The van der Waals surface area contributed by atoms with Crippen molar-refractivity contribution >= 4 is 31.5 Å². The maximum absolute atomic E-state index is 13.3. The Morgan fingerprint density at radius 2 is 1.51 bits per heavy atom. The van der Waals surface area contributed by atoms with E-state index in [4.69, 9.17) is 37.5 Å². The van der Waals surface area contributed by atoms with Crippen LogP contribution >= 0.6 is 8.53 Å². The summed E-state index contributed by atoms with van der Waals surface area (Å²) in [5, 5.41) is 21.3. The average molecular weight is 911 g/mol. The third-order valence-electron chi connectivity index (χ3n) is 10.5. The number of hydrogen-bond donors (Lipinski definition) is 2. The second-order valence-corrected chi connectivity index (χ2v) is 16.9. The summed E-state index contributed by atoms with van der Waals surface area (Å²) in [6, 6.07) is 29.2. The second kappa shape index (κ2) is 22.9. The molecule has 1 saturated heterocycles. The molecule has 1 aliphatic rings. The minimum absolute atomic E-state index is 0.0149. The van der Waals surface area contributed by atoms with Crippen LogP contribution in [-0.2, 0) is 38.4 Å². The molecule has 0 aliphatic carbocycles. The van der Waals surface area contributed by atoms with Crippen LogP contribution in [-0.4, -0.2) is 101 Å². The number of carbonyl (C=O) groups excluding carboxylic acids is 1. The number of hydrogen-bond acceptors (Lipinski definition) is 15. The lowest BCUT2D eigenvalue weighted by Gasteiger charge is -2.39. The molecular weight excluding hydrogens is 856 g/mol. The maximum atomic E-state index is 13.3. The van der Waals surface area contributed by atoms with Crippen LogP contribution in [0.2, 0.25) is 0 Å². The van der Waals surface area contributed by atoms with Crippen molar-refractivity contribution in [3.63, 3.8) is 0 Å². The Morgan fingerprint density at radius 3 is 2.08 bits per heavy atom. The van der Waals surface area contributed by atoms with Crippen LogP contribution in [0.3, 0.4) is 0 Å². The topological polar surface area (TPSA) is 217 Å². The van der Waals surface area contributed by atoms with Gasteiger partial charge < -0.3 is 37.5 Å². The number of anilines is 1. The molecule has 65 heavy (non-hydrogen) atoms. The largest absolute Gasteiger partial charge is 0.497 e. The number of ether oxygens (including phenoxy) is 6. The number of rotatable bonds is 23. The highest BCUT2D eigenvalue weighted by molar-refractivity contribution is 7.44. The fourth-order valence-electron chi connectivity index (χ4n) is 7.69. The van der Waals surface area contributed by atoms with E-state index in [-0.39, 0.29) is 68.7 Å². The van der Waals surface area contributed by atoms with E-state index in [1.165, 1.54) is 13.3 Å². The van der Waals surface area contributed by atoms with Crippen molar-refractivity contribution in [2.24, 2.45) is 0 Å². The molecule has 0 radical (unpaired) electrons. The van der Waals surface area contributed by atoms with Crippen molar-refractivity contribution in [3.8, 4) is 23.6 Å². The van der Waals surface area contributed by atoms with Crippen molar-refractivity contribution in [1.82, 2.24) is 24.2 Å². The molecule has 2 aromatic heterocycles. The van der Waals surface area contributed by atoms with Gasteiger partial charge in [0.15, 0.2) is 17.4 Å². The minimum Gasteiger partial charge on any atom is -0.497 e. The van der Waals surface area contributed by atoms with Crippen molar-refractivity contribution in [3.05, 3.63) is 112 Å². The number of methoxy groups -OCH3 is 2. The summed E-state index contributed by atoms with van der Waals surface area (Å²) in [5.41, 5.74) is 0.594. The number of H-pyrrole nitrogens is 1. The molecule has 3 heterocycles. The predicted molar refractivity (Wildman–Crippen MR) is 241 cm³/mol. The molecule has 1 unspecified atom stereocenters. The van der Waals surface area contributed by atoms with Gasteiger partial charge in [0.05, 0.1) is 65.3 Å². The SMILES string of the molecule is COc1ccc(C(OC[C@H]2O[C@@H](n3cnc4c(=O)[nH]c(NC(C)=O)nc43)[C@H](OCOCCC#N)[C@@H]2OP(OCCC#N)N(C(C)C)C(C)C)(c2ccccc2)c2ccc(OC)cc2)cc1. The van der Waals surface area contributed by atoms with E-state index in [0.29, 0.717) is 11.5 Å². The molecule has 0 saturated carbocycles. The lowest BCUT2D eigenvalue weighted by molar-refractivity contribution is -0.136. The zero-order valence-electron chi connectivity index (χ0n) is 37.5. The van der Waals surface area contributed by atoms with E-state index >= 15 is 0 Å². The number of aromatic nitrogens is 4. The summed E-state index contributed by atoms with van der Waals surface area (Å²) in [4.78, 5) is 36.9. The monoisotopic (exact) mass is 910 g/mol. The molecule has 19 heteroatoms. The van der Waals surface area contributed by atoms with E-state index in [1.807, 2.05) is 107 Å². The van der Waals surface area contributed by atoms with Gasteiger partial charge in [0.25, 0.3) is 14.1 Å². The summed E-state index contributed by atoms with van der Waals surface area (Å²) in [5.74, 6) is 0.774. The molecule has 2 N–H and O–H groups in total. The third kappa shape index (κ3) is 11.4. The minimum atomic E-state index is -1.90. The van der Waals surface area contributed by atoms with Crippen LogP contribution in [0.15, 0.2) is 90.0 Å². The van der Waals surface area contributed by atoms with Crippen molar-refractivity contribution in [2.75, 3.05) is 46.1 Å². The predicted octanol–water partition coefficient (Wildman–Crippen LogP) is 6.94. The first-order chi connectivity index (χ1) is 31.4. The number of aromatic amines is 1. The van der Waals surface area contributed by atoms with Gasteiger partial charge in [-0.1, -0.05) is 54.6 Å². The zero-order valence-corrected chi connectivity index (χ0v) is 38.4. The number of nitriles is 2. The first-order valence-corrected chi connectivity index (χ1v) is 22.3. The smallest absolute Gasteiger partial charge is 0.280 e. The van der Waals surface area contributed by atoms with Crippen LogP contribution in [0, 0.1) is 22.7 Å². The number of benzene rings is 3. The van der Waals surface area contributed by atoms with E-state index in [9.17, 15) is 20.1 Å². The first kappa shape index (κ1) is 48.7. The zero-order chi connectivity index (χ0) is 46.5. The molecular formula is C46H55N8O10P. The van der Waals surface area contributed by atoms with E-state index in [2.05, 4.69) is 37.1 Å². The Kier molecular flexibility index (Phi) is 17.1. The number of nitrogens with one attached hydrogen (secondary N) is 2. The molecule has 0 spiro atoms. The standard InChI is InChI=1S/C46H55N8O10P/c1-30(2)54(31(3)4)65(62-26-12-24-48)64-40-38(63-44(41(40)60-29-59-25-11-23-47)53-28-49-39-42(53)51-45(50-32(5)55)52-43(39)56)27-61-46(33-13-9-8-10-14-33,34-15-19-36(57-6)20-16-34)35-17-21-37(58-7)22-18-35/h8-10,13-22,28,30-31,38,40-41,44H,11-12,25-27,29H2,1-7H3,(H2,50,51,52,55,56)/t38-,40-,41-,44-,65?/m1/s1. The van der Waals surface area contributed by atoms with E-state index < -0.39 is 50.1 Å². The van der Waals surface area contributed by atoms with Crippen LogP contribution in [0.5, 0.6) is 11.5 Å². The van der Waals surface area contributed by atoms with Gasteiger partial charge in [-0.2, -0.15) is 15.5 Å². The molecule has 5 atom stereocenters. The molecule has 0 bridgehead atoms. The fraction of sp³-hybridized carbons (Fsp3) is 0.435. The van der Waals surface area contributed by atoms with Crippen LogP contribution in [0.1, 0.15) is 70.4 Å². The van der Waals surface area contributed by atoms with Gasteiger partial charge in [-0.15, -0.1) is 0 Å². The summed E-state index contributed by atoms with van der Waals surface area (Å²) in [6.45, 7) is 9.22. The van der Waals surface area contributed by atoms with Gasteiger partial charge in [0, 0.05) is 19.0 Å². The van der Waals surface area contributed by atoms with E-state index in [1.54, 1.807) is 18.8 Å². The molecule has 1 fully saturated rings. The molecule has 1 amide bonds. The Morgan fingerprint density at radius 1 is 0.908 bits per heavy atom. The molecule has 5 aromatic rings. The molecule has 6 rings (SSSR count). The first-order valence-electron chi connectivity index (χ1n) is 21.1. The quantitative estimate of drug-likeness (QED) is 0.0294. The highest BCUT2D eigenvalue weighted by Crippen LogP contribution is 2.51. The fourth-order valence-corrected chi connectivity index (χ4v) is 9.46. The lowest BCUT2D eigenvalue weighted by Crippen LogP contribution is -2.43. The summed E-state index contributed by atoms with van der Waals surface area (Å²) in [7, 11) is 1.31. The van der Waals surface area contributed by atoms with Gasteiger partial charge >= 0.3 is 0 Å². The Balaban J connectivity index is 1.53. The Hall–Kier alpha value is -5.79. The number of imidazole rings is 1. The number of fused-ring (bicyclic) bond motifs is 1. The molecule has 18 nitrogen and oxygen atoms in total. The molecule has 344 valence electrons. The number of carbonyl (C=O) groups is 1. The average Bonchev–Trinajstić information content (AvgIpc) is 3.87. The summed E-state index contributed by atoms with van der Waals surface area (Å²) >= 11 is 0. The van der Waals surface area contributed by atoms with Crippen molar-refractivity contribution in [1.29, 1.82) is 10.5 Å². The van der Waals surface area contributed by atoms with Gasteiger partial charge in [0.2, 0.25) is 11.9 Å². The van der Waals surface area contributed by atoms with E-state index in [0.717, 1.165) is 16.7 Å². The maximum Gasteiger partial charge on any atom is 0.280 e. The Bertz CT molecular complexity index is 2400. The van der Waals surface area contributed by atoms with Gasteiger partial charge in [-0.25, -0.2) is 9.65 Å². The van der Waals surface area contributed by atoms with Crippen LogP contribution in [0.25, 0.3) is 11.2 Å². The van der Waals surface area contributed by atoms with Crippen LogP contribution < -0.4 is 20.3 Å². The highest BCUT2D eigenvalue weighted by atomic mass is 31.2. The van der Waals surface area contributed by atoms with Crippen LogP contribution in [0.4, 0.5) is 5.95 Å². The summed E-state index contributed by atoms with van der Waals surface area (Å²) in [6.07, 6.45) is -2.38. The van der Waals surface area contributed by atoms with Gasteiger partial charge in [-0.3, -0.25) is 24.5 Å². The Labute approximate surface area is 379 Å². The normalized spacial score (nSPS) is 17.9. The van der Waals surface area contributed by atoms with Crippen molar-refractivity contribution in [2.45, 2.75) is 89.7 Å². The third-order valence-corrected chi connectivity index (χ3v) is 12.6. The summed E-state index contributed by atoms with van der Waals surface area (Å²) < 4.78 is 55.1. The lowest BCUT2D eigenvalue weighted by atomic mass is 9.80. The van der Waals surface area contributed by atoms with Gasteiger partial charge in [-0.05, 0) is 68.7 Å². The van der Waals surface area contributed by atoms with Crippen molar-refractivity contribution < 1.29 is 42.3 Å².